The molecule has 5 aliphatic carbocycles. The van der Waals surface area contributed by atoms with Crippen molar-refractivity contribution in [1.82, 2.24) is 0 Å². The molecule has 0 amide bonds. The van der Waals surface area contributed by atoms with E-state index >= 15 is 0 Å². The van der Waals surface area contributed by atoms with E-state index in [2.05, 4.69) is 60.6 Å². The van der Waals surface area contributed by atoms with Crippen LogP contribution in [0.4, 0.5) is 0 Å². The number of aliphatic hydroxyl groups excluding tert-OH is 1. The second kappa shape index (κ2) is 7.60. The molecule has 1 heteroatoms. The fourth-order valence-corrected chi connectivity index (χ4v) is 11.2. The van der Waals surface area contributed by atoms with Crippen molar-refractivity contribution in [3.8, 4) is 0 Å². The molecular weight excluding hydrogens is 388 g/mol. The predicted molar refractivity (Wildman–Crippen MR) is 135 cm³/mol. The molecule has 0 aliphatic heterocycles. The molecule has 0 aromatic heterocycles. The first kappa shape index (κ1) is 23.4. The van der Waals surface area contributed by atoms with Crippen LogP contribution in [-0.2, 0) is 0 Å². The number of allylic oxidation sites excluding steroid dienone is 2. The van der Waals surface area contributed by atoms with Gasteiger partial charge in [-0.3, -0.25) is 0 Å². The number of hydrogen-bond acceptors (Lipinski definition) is 1. The molecule has 5 saturated carbocycles. The summed E-state index contributed by atoms with van der Waals surface area (Å²) >= 11 is 0. The van der Waals surface area contributed by atoms with Gasteiger partial charge in [0.1, 0.15) is 0 Å². The first-order valence-electron chi connectivity index (χ1n) is 14.4. The number of fused-ring (bicyclic) bond motifs is 2. The van der Waals surface area contributed by atoms with Crippen molar-refractivity contribution in [3.05, 3.63) is 12.2 Å². The second-order valence-electron chi connectivity index (χ2n) is 14.2. The Bertz CT molecular complexity index is 754. The quantitative estimate of drug-likeness (QED) is 0.426. The summed E-state index contributed by atoms with van der Waals surface area (Å²) in [6.45, 7) is 17.5. The van der Waals surface area contributed by atoms with Gasteiger partial charge in [-0.1, -0.05) is 60.6 Å². The molecule has 11 atom stereocenters. The van der Waals surface area contributed by atoms with Gasteiger partial charge in [-0.15, -0.1) is 0 Å². The van der Waals surface area contributed by atoms with Crippen LogP contribution in [0.1, 0.15) is 113 Å². The van der Waals surface area contributed by atoms with E-state index in [-0.39, 0.29) is 6.10 Å². The van der Waals surface area contributed by atoms with E-state index in [1.165, 1.54) is 57.8 Å². The van der Waals surface area contributed by atoms with Crippen LogP contribution in [0.2, 0.25) is 0 Å². The van der Waals surface area contributed by atoms with E-state index in [1.807, 2.05) is 0 Å². The Morgan fingerprint density at radius 3 is 2.31 bits per heavy atom. The van der Waals surface area contributed by atoms with Crippen LogP contribution < -0.4 is 0 Å². The number of hydrogen-bond donors (Lipinski definition) is 1. The normalized spacial score (nSPS) is 54.0. The van der Waals surface area contributed by atoms with Crippen molar-refractivity contribution in [2.24, 2.45) is 63.1 Å². The number of aliphatic hydroxyl groups is 1. The minimum Gasteiger partial charge on any atom is -0.393 e. The molecule has 5 fully saturated rings. The van der Waals surface area contributed by atoms with Crippen molar-refractivity contribution in [2.45, 2.75) is 119 Å². The lowest BCUT2D eigenvalue weighted by Crippen LogP contribution is -2.55. The summed E-state index contributed by atoms with van der Waals surface area (Å²) in [5.74, 6) is 5.31. The molecular formula is C31H52O. The molecule has 0 aromatic rings. The van der Waals surface area contributed by atoms with E-state index in [4.69, 9.17) is 0 Å². The van der Waals surface area contributed by atoms with E-state index in [0.717, 1.165) is 36.0 Å². The molecule has 32 heavy (non-hydrogen) atoms. The molecule has 182 valence electrons. The molecule has 0 heterocycles. The highest BCUT2D eigenvalue weighted by Crippen LogP contribution is 2.88. The summed E-state index contributed by atoms with van der Waals surface area (Å²) in [6.07, 6.45) is 19.0. The Morgan fingerprint density at radius 2 is 1.62 bits per heavy atom. The van der Waals surface area contributed by atoms with E-state index in [0.29, 0.717) is 33.5 Å². The van der Waals surface area contributed by atoms with Crippen LogP contribution >= 0.6 is 0 Å². The van der Waals surface area contributed by atoms with E-state index in [9.17, 15) is 5.11 Å². The number of rotatable bonds is 5. The molecule has 0 bridgehead atoms. The van der Waals surface area contributed by atoms with E-state index < -0.39 is 0 Å². The lowest BCUT2D eigenvalue weighted by molar-refractivity contribution is -0.141. The first-order chi connectivity index (χ1) is 15.1. The average Bonchev–Trinajstić information content (AvgIpc) is 3.33. The minimum atomic E-state index is -0.0365. The molecule has 1 N–H and O–H groups in total. The Hall–Kier alpha value is -0.300. The maximum Gasteiger partial charge on any atom is 0.0568 e. The predicted octanol–water partition coefficient (Wildman–Crippen LogP) is 8.27. The van der Waals surface area contributed by atoms with Gasteiger partial charge in [0.25, 0.3) is 0 Å². The standard InChI is InChI=1S/C31H52O/c1-8-23(20(2)3)10-9-21(4)24-13-15-29(7)27-12-11-25-22(5)26(32)14-16-30(25)19-31(27,30)18-17-28(24,29)6/h9-10,20-27,32H,8,11-19H2,1-7H3/b10-9+/t21-,22+,23+,24-,25+,26+,27+,28-,29+,30-,31+/m1/s1. The minimum absolute atomic E-state index is 0.0365. The summed E-state index contributed by atoms with van der Waals surface area (Å²) < 4.78 is 0. The zero-order valence-corrected chi connectivity index (χ0v) is 22.3. The van der Waals surface area contributed by atoms with Gasteiger partial charge >= 0.3 is 0 Å². The van der Waals surface area contributed by atoms with Crippen LogP contribution in [0.15, 0.2) is 12.2 Å². The molecule has 2 spiro atoms. The van der Waals surface area contributed by atoms with Gasteiger partial charge in [0.2, 0.25) is 0 Å². The van der Waals surface area contributed by atoms with Crippen molar-refractivity contribution in [1.29, 1.82) is 0 Å². The maximum atomic E-state index is 10.6. The fourth-order valence-electron chi connectivity index (χ4n) is 11.2. The van der Waals surface area contributed by atoms with Crippen molar-refractivity contribution in [2.75, 3.05) is 0 Å². The van der Waals surface area contributed by atoms with Gasteiger partial charge < -0.3 is 5.11 Å². The molecule has 5 rings (SSSR count). The first-order valence-corrected chi connectivity index (χ1v) is 14.4. The molecule has 0 saturated heterocycles. The van der Waals surface area contributed by atoms with Crippen molar-refractivity contribution >= 4 is 0 Å². The van der Waals surface area contributed by atoms with Crippen LogP contribution in [0.3, 0.4) is 0 Å². The Balaban J connectivity index is 1.39. The Labute approximate surface area is 199 Å². The summed E-state index contributed by atoms with van der Waals surface area (Å²) in [4.78, 5) is 0. The zero-order chi connectivity index (χ0) is 23.1. The third-order valence-corrected chi connectivity index (χ3v) is 13.3. The summed E-state index contributed by atoms with van der Waals surface area (Å²) in [7, 11) is 0. The van der Waals surface area contributed by atoms with Crippen LogP contribution in [0, 0.1) is 63.1 Å². The van der Waals surface area contributed by atoms with Crippen molar-refractivity contribution in [3.63, 3.8) is 0 Å². The van der Waals surface area contributed by atoms with Gasteiger partial charge in [0, 0.05) is 0 Å². The van der Waals surface area contributed by atoms with Gasteiger partial charge in [0.15, 0.2) is 0 Å². The fraction of sp³-hybridized carbons (Fsp3) is 0.935. The summed E-state index contributed by atoms with van der Waals surface area (Å²) in [5, 5.41) is 10.6. The highest BCUT2D eigenvalue weighted by molar-refractivity contribution is 5.29. The molecule has 5 aliphatic rings. The lowest BCUT2D eigenvalue weighted by Gasteiger charge is -2.62. The van der Waals surface area contributed by atoms with Crippen molar-refractivity contribution < 1.29 is 5.11 Å². The Kier molecular flexibility index (Phi) is 5.57. The Morgan fingerprint density at radius 1 is 0.875 bits per heavy atom. The smallest absolute Gasteiger partial charge is 0.0568 e. The lowest BCUT2D eigenvalue weighted by atomic mass is 9.43. The molecule has 0 radical (unpaired) electrons. The second-order valence-corrected chi connectivity index (χ2v) is 14.2. The van der Waals surface area contributed by atoms with Gasteiger partial charge in [0.05, 0.1) is 6.10 Å². The van der Waals surface area contributed by atoms with Crippen LogP contribution in [0.25, 0.3) is 0 Å². The van der Waals surface area contributed by atoms with E-state index in [1.54, 1.807) is 0 Å². The average molecular weight is 441 g/mol. The zero-order valence-electron chi connectivity index (χ0n) is 22.3. The largest absolute Gasteiger partial charge is 0.393 e. The molecule has 0 aromatic carbocycles. The monoisotopic (exact) mass is 440 g/mol. The molecule has 1 nitrogen and oxygen atoms in total. The highest BCUT2D eigenvalue weighted by Gasteiger charge is 2.81. The van der Waals surface area contributed by atoms with Crippen LogP contribution in [-0.4, -0.2) is 11.2 Å². The maximum absolute atomic E-state index is 10.6. The molecule has 0 unspecified atom stereocenters. The summed E-state index contributed by atoms with van der Waals surface area (Å²) in [5.41, 5.74) is 2.27. The summed E-state index contributed by atoms with van der Waals surface area (Å²) in [6, 6.07) is 0. The third-order valence-electron chi connectivity index (χ3n) is 13.3. The van der Waals surface area contributed by atoms with Gasteiger partial charge in [-0.25, -0.2) is 0 Å². The highest BCUT2D eigenvalue weighted by atomic mass is 16.3. The SMILES string of the molecule is CC[C@@H](/C=C/[C@@H](C)[C@H]1CC[C@@]2(C)[C@@H]3CC[C@H]4[C@H](C)[C@@H](O)CC[C@@]45C[C@@]35CC[C@]12C)C(C)C. The van der Waals surface area contributed by atoms with Gasteiger partial charge in [-0.05, 0) is 127 Å². The topological polar surface area (TPSA) is 20.2 Å². The third kappa shape index (κ3) is 2.85. The van der Waals surface area contributed by atoms with Gasteiger partial charge in [-0.2, -0.15) is 0 Å². The van der Waals surface area contributed by atoms with Crippen LogP contribution in [0.5, 0.6) is 0 Å².